The first-order valence-electron chi connectivity index (χ1n) is 7.64. The summed E-state index contributed by atoms with van der Waals surface area (Å²) in [6, 6.07) is -0.168. The number of nitrogens with zero attached hydrogens (tertiary/aromatic N) is 2. The van der Waals surface area contributed by atoms with Crippen LogP contribution in [0.4, 0.5) is 9.18 Å². The SMILES string of the molecule is CCN(CC(=O)O)C1CC(NC(=O)N2CCCC2CF)C1. The molecular formula is C14H24FN3O3. The number of amides is 2. The van der Waals surface area contributed by atoms with Gasteiger partial charge in [0.05, 0.1) is 12.6 Å². The van der Waals surface area contributed by atoms with Crippen molar-refractivity contribution in [3.63, 3.8) is 0 Å². The fourth-order valence-electron chi connectivity index (χ4n) is 3.20. The average Bonchev–Trinajstić information content (AvgIpc) is 2.88. The fraction of sp³-hybridized carbons (Fsp3) is 0.857. The molecule has 0 aromatic carbocycles. The largest absolute Gasteiger partial charge is 0.480 e. The Labute approximate surface area is 124 Å². The van der Waals surface area contributed by atoms with Gasteiger partial charge in [-0.25, -0.2) is 9.18 Å². The number of likely N-dealkylation sites (N-methyl/N-ethyl adjacent to an activating group) is 1. The van der Waals surface area contributed by atoms with Gasteiger partial charge in [0.25, 0.3) is 0 Å². The van der Waals surface area contributed by atoms with Crippen LogP contribution in [0.5, 0.6) is 0 Å². The Kier molecular flexibility index (Phi) is 5.39. The van der Waals surface area contributed by atoms with Crippen LogP contribution in [0.1, 0.15) is 32.6 Å². The molecule has 0 radical (unpaired) electrons. The zero-order valence-electron chi connectivity index (χ0n) is 12.4. The zero-order chi connectivity index (χ0) is 15.4. The van der Waals surface area contributed by atoms with Crippen molar-refractivity contribution in [3.05, 3.63) is 0 Å². The third kappa shape index (κ3) is 3.84. The van der Waals surface area contributed by atoms with E-state index in [0.29, 0.717) is 13.1 Å². The van der Waals surface area contributed by atoms with Gasteiger partial charge in [0.1, 0.15) is 6.67 Å². The Morgan fingerprint density at radius 1 is 1.43 bits per heavy atom. The summed E-state index contributed by atoms with van der Waals surface area (Å²) in [5.74, 6) is -0.827. The van der Waals surface area contributed by atoms with Crippen molar-refractivity contribution in [2.75, 3.05) is 26.3 Å². The number of carboxylic acids is 1. The van der Waals surface area contributed by atoms with Gasteiger partial charge in [-0.05, 0) is 32.2 Å². The van der Waals surface area contributed by atoms with Crippen LogP contribution < -0.4 is 5.32 Å². The Morgan fingerprint density at radius 2 is 2.14 bits per heavy atom. The number of hydrogen-bond acceptors (Lipinski definition) is 3. The van der Waals surface area contributed by atoms with Crippen molar-refractivity contribution in [1.29, 1.82) is 0 Å². The normalized spacial score (nSPS) is 28.5. The third-order valence-electron chi connectivity index (χ3n) is 4.52. The van der Waals surface area contributed by atoms with Crippen LogP contribution in [-0.4, -0.2) is 71.3 Å². The molecule has 2 N–H and O–H groups in total. The molecule has 2 aliphatic rings. The lowest BCUT2D eigenvalue weighted by Gasteiger charge is -2.42. The third-order valence-corrected chi connectivity index (χ3v) is 4.52. The lowest BCUT2D eigenvalue weighted by molar-refractivity contribution is -0.139. The standard InChI is InChI=1S/C14H24FN3O3/c1-2-17(9-13(19)20)12-6-10(7-12)16-14(21)18-5-3-4-11(18)8-15/h10-12H,2-9H2,1H3,(H,16,21)(H,19,20). The van der Waals surface area contributed by atoms with Crippen molar-refractivity contribution < 1.29 is 19.1 Å². The van der Waals surface area contributed by atoms with E-state index in [1.54, 1.807) is 4.90 Å². The van der Waals surface area contributed by atoms with Crippen LogP contribution in [0.3, 0.4) is 0 Å². The number of rotatable bonds is 6. The van der Waals surface area contributed by atoms with Gasteiger partial charge in [-0.2, -0.15) is 0 Å². The van der Waals surface area contributed by atoms with Gasteiger partial charge in [-0.15, -0.1) is 0 Å². The summed E-state index contributed by atoms with van der Waals surface area (Å²) < 4.78 is 12.8. The Morgan fingerprint density at radius 3 is 2.71 bits per heavy atom. The van der Waals surface area contributed by atoms with E-state index in [-0.39, 0.29) is 30.7 Å². The molecule has 1 atom stereocenters. The Balaban J connectivity index is 1.74. The molecule has 1 saturated carbocycles. The maximum Gasteiger partial charge on any atom is 0.317 e. The Bertz CT molecular complexity index is 388. The predicted molar refractivity (Wildman–Crippen MR) is 75.9 cm³/mol. The molecule has 1 saturated heterocycles. The van der Waals surface area contributed by atoms with Gasteiger partial charge in [0.15, 0.2) is 0 Å². The molecule has 0 spiro atoms. The number of halogens is 1. The van der Waals surface area contributed by atoms with Gasteiger partial charge < -0.3 is 15.3 Å². The van der Waals surface area contributed by atoms with Crippen LogP contribution in [-0.2, 0) is 4.79 Å². The number of carbonyl (C=O) groups excluding carboxylic acids is 1. The van der Waals surface area contributed by atoms with Gasteiger partial charge in [-0.1, -0.05) is 6.92 Å². The minimum Gasteiger partial charge on any atom is -0.480 e. The number of likely N-dealkylation sites (tertiary alicyclic amines) is 1. The van der Waals surface area contributed by atoms with Crippen molar-refractivity contribution >= 4 is 12.0 Å². The molecule has 1 heterocycles. The van der Waals surface area contributed by atoms with E-state index in [1.807, 2.05) is 11.8 Å². The molecule has 0 aromatic heterocycles. The summed E-state index contributed by atoms with van der Waals surface area (Å²) >= 11 is 0. The zero-order valence-corrected chi connectivity index (χ0v) is 12.4. The summed E-state index contributed by atoms with van der Waals surface area (Å²) in [6.07, 6.45) is 3.12. The van der Waals surface area contributed by atoms with Crippen molar-refractivity contribution in [2.24, 2.45) is 0 Å². The predicted octanol–water partition coefficient (Wildman–Crippen LogP) is 1.07. The van der Waals surface area contributed by atoms with E-state index in [1.165, 1.54) is 0 Å². The molecule has 7 heteroatoms. The first kappa shape index (κ1) is 16.0. The first-order chi connectivity index (χ1) is 10.0. The summed E-state index contributed by atoms with van der Waals surface area (Å²) in [5, 5.41) is 11.8. The van der Waals surface area contributed by atoms with Crippen molar-refractivity contribution in [1.82, 2.24) is 15.1 Å². The minimum absolute atomic E-state index is 0.0396. The average molecular weight is 301 g/mol. The van der Waals surface area contributed by atoms with E-state index >= 15 is 0 Å². The molecule has 1 aliphatic carbocycles. The van der Waals surface area contributed by atoms with Crippen LogP contribution in [0.15, 0.2) is 0 Å². The van der Waals surface area contributed by atoms with Gasteiger partial charge in [0, 0.05) is 18.6 Å². The van der Waals surface area contributed by atoms with E-state index in [0.717, 1.165) is 25.7 Å². The van der Waals surface area contributed by atoms with Crippen molar-refractivity contribution in [3.8, 4) is 0 Å². The van der Waals surface area contributed by atoms with E-state index in [4.69, 9.17) is 5.11 Å². The highest BCUT2D eigenvalue weighted by Crippen LogP contribution is 2.26. The van der Waals surface area contributed by atoms with Crippen molar-refractivity contribution in [2.45, 2.75) is 50.7 Å². The van der Waals surface area contributed by atoms with Crippen LogP contribution in [0, 0.1) is 0 Å². The highest BCUT2D eigenvalue weighted by atomic mass is 19.1. The summed E-state index contributed by atoms with van der Waals surface area (Å²) in [6.45, 7) is 2.80. The number of nitrogens with one attached hydrogen (secondary N) is 1. The molecule has 0 bridgehead atoms. The van der Waals surface area contributed by atoms with Crippen LogP contribution in [0.25, 0.3) is 0 Å². The van der Waals surface area contributed by atoms with E-state index < -0.39 is 12.6 Å². The number of hydrogen-bond donors (Lipinski definition) is 2. The number of urea groups is 1. The molecular weight excluding hydrogens is 277 g/mol. The highest BCUT2D eigenvalue weighted by molar-refractivity contribution is 5.75. The molecule has 2 amide bonds. The maximum absolute atomic E-state index is 12.8. The quantitative estimate of drug-likeness (QED) is 0.769. The van der Waals surface area contributed by atoms with E-state index in [9.17, 15) is 14.0 Å². The molecule has 2 fully saturated rings. The molecule has 120 valence electrons. The molecule has 0 aromatic rings. The summed E-state index contributed by atoms with van der Waals surface area (Å²) in [5.41, 5.74) is 0. The van der Waals surface area contributed by atoms with Gasteiger partial charge in [-0.3, -0.25) is 9.69 Å². The first-order valence-corrected chi connectivity index (χ1v) is 7.64. The number of carbonyl (C=O) groups is 2. The molecule has 6 nitrogen and oxygen atoms in total. The topological polar surface area (TPSA) is 72.9 Å². The molecule has 2 rings (SSSR count). The second-order valence-electron chi connectivity index (χ2n) is 5.87. The van der Waals surface area contributed by atoms with E-state index in [2.05, 4.69) is 5.32 Å². The summed E-state index contributed by atoms with van der Waals surface area (Å²) in [4.78, 5) is 26.3. The number of aliphatic carboxylic acids is 1. The van der Waals surface area contributed by atoms with Gasteiger partial charge >= 0.3 is 12.0 Å². The maximum atomic E-state index is 12.8. The highest BCUT2D eigenvalue weighted by Gasteiger charge is 2.37. The lowest BCUT2D eigenvalue weighted by Crippen LogP contribution is -2.57. The molecule has 1 aliphatic heterocycles. The fourth-order valence-corrected chi connectivity index (χ4v) is 3.20. The smallest absolute Gasteiger partial charge is 0.317 e. The molecule has 1 unspecified atom stereocenters. The Hall–Kier alpha value is -1.37. The number of alkyl halides is 1. The second kappa shape index (κ2) is 7.06. The van der Waals surface area contributed by atoms with Crippen LogP contribution in [0.2, 0.25) is 0 Å². The minimum atomic E-state index is -0.827. The lowest BCUT2D eigenvalue weighted by atomic mass is 9.85. The summed E-state index contributed by atoms with van der Waals surface area (Å²) in [7, 11) is 0. The second-order valence-corrected chi connectivity index (χ2v) is 5.87. The van der Waals surface area contributed by atoms with Crippen LogP contribution >= 0.6 is 0 Å². The van der Waals surface area contributed by atoms with Gasteiger partial charge in [0.2, 0.25) is 0 Å². The number of carboxylic acid groups (broad SMARTS) is 1. The monoisotopic (exact) mass is 301 g/mol. The molecule has 21 heavy (non-hydrogen) atoms.